The SMILES string of the molecule is CCCCCCCCCCC[C@H](C[C@H](O)CO)O[Si](C)(C)C(C)(C)C. The van der Waals surface area contributed by atoms with Crippen LogP contribution >= 0.6 is 0 Å². The highest BCUT2D eigenvalue weighted by molar-refractivity contribution is 6.74. The quantitative estimate of drug-likeness (QED) is 0.271. The Hall–Kier alpha value is 0.0969. The lowest BCUT2D eigenvalue weighted by Crippen LogP contribution is -2.44. The second-order valence-electron chi connectivity index (χ2n) is 9.19. The monoisotopic (exact) mass is 374 g/mol. The third-order valence-corrected chi connectivity index (χ3v) is 10.2. The van der Waals surface area contributed by atoms with Gasteiger partial charge < -0.3 is 14.6 Å². The van der Waals surface area contributed by atoms with E-state index in [2.05, 4.69) is 40.8 Å². The smallest absolute Gasteiger partial charge is 0.192 e. The van der Waals surface area contributed by atoms with Crippen LogP contribution in [-0.4, -0.2) is 37.3 Å². The molecule has 0 radical (unpaired) electrons. The Labute approximate surface area is 158 Å². The topological polar surface area (TPSA) is 49.7 Å². The lowest BCUT2D eigenvalue weighted by atomic mass is 10.0. The van der Waals surface area contributed by atoms with Gasteiger partial charge in [-0.25, -0.2) is 0 Å². The van der Waals surface area contributed by atoms with Crippen LogP contribution in [0.4, 0.5) is 0 Å². The highest BCUT2D eigenvalue weighted by Gasteiger charge is 2.39. The highest BCUT2D eigenvalue weighted by Crippen LogP contribution is 2.38. The van der Waals surface area contributed by atoms with Crippen molar-refractivity contribution in [2.75, 3.05) is 6.61 Å². The summed E-state index contributed by atoms with van der Waals surface area (Å²) in [6, 6.07) is 0. The first-order valence-electron chi connectivity index (χ1n) is 10.6. The summed E-state index contributed by atoms with van der Waals surface area (Å²) in [6.45, 7) is 13.4. The first-order valence-corrected chi connectivity index (χ1v) is 13.5. The first kappa shape index (κ1) is 25.1. The molecule has 0 bridgehead atoms. The van der Waals surface area contributed by atoms with Gasteiger partial charge in [0.05, 0.1) is 12.7 Å². The summed E-state index contributed by atoms with van der Waals surface area (Å²) < 4.78 is 6.51. The van der Waals surface area contributed by atoms with Gasteiger partial charge in [0.2, 0.25) is 0 Å². The van der Waals surface area contributed by atoms with Crippen molar-refractivity contribution in [2.45, 2.75) is 129 Å². The van der Waals surface area contributed by atoms with E-state index in [-0.39, 0.29) is 17.7 Å². The average molecular weight is 375 g/mol. The minimum Gasteiger partial charge on any atom is -0.414 e. The molecule has 4 heteroatoms. The number of hydrogen-bond donors (Lipinski definition) is 2. The molecule has 25 heavy (non-hydrogen) atoms. The summed E-state index contributed by atoms with van der Waals surface area (Å²) in [5, 5.41) is 19.2. The molecule has 2 atom stereocenters. The van der Waals surface area contributed by atoms with E-state index >= 15 is 0 Å². The summed E-state index contributed by atoms with van der Waals surface area (Å²) in [4.78, 5) is 0. The van der Waals surface area contributed by atoms with E-state index in [1.165, 1.54) is 51.4 Å². The summed E-state index contributed by atoms with van der Waals surface area (Å²) in [5.74, 6) is 0. The number of rotatable bonds is 15. The van der Waals surface area contributed by atoms with Crippen molar-refractivity contribution >= 4 is 8.32 Å². The van der Waals surface area contributed by atoms with E-state index < -0.39 is 14.4 Å². The molecule has 0 unspecified atom stereocenters. The molecular formula is C21H46O3Si. The molecule has 0 aliphatic rings. The maximum atomic E-state index is 9.86. The van der Waals surface area contributed by atoms with E-state index in [4.69, 9.17) is 4.43 Å². The molecule has 0 aliphatic carbocycles. The lowest BCUT2D eigenvalue weighted by molar-refractivity contribution is 0.0421. The number of unbranched alkanes of at least 4 members (excludes halogenated alkanes) is 8. The van der Waals surface area contributed by atoms with E-state index in [1.807, 2.05) is 0 Å². The summed E-state index contributed by atoms with van der Waals surface area (Å²) in [6.07, 6.45) is 12.9. The van der Waals surface area contributed by atoms with Gasteiger partial charge in [-0.05, 0) is 24.6 Å². The van der Waals surface area contributed by atoms with Crippen molar-refractivity contribution < 1.29 is 14.6 Å². The zero-order valence-corrected chi connectivity index (χ0v) is 18.9. The Morgan fingerprint density at radius 2 is 1.36 bits per heavy atom. The first-order chi connectivity index (χ1) is 11.6. The minimum atomic E-state index is -1.83. The molecule has 0 spiro atoms. The van der Waals surface area contributed by atoms with E-state index in [1.54, 1.807) is 0 Å². The number of aliphatic hydroxyl groups is 2. The van der Waals surface area contributed by atoms with Crippen LogP contribution < -0.4 is 0 Å². The van der Waals surface area contributed by atoms with Gasteiger partial charge in [-0.2, -0.15) is 0 Å². The standard InChI is InChI=1S/C21H46O3Si/c1-7-8-9-10-11-12-13-14-15-16-20(17-19(23)18-22)24-25(5,6)21(2,3)4/h19-20,22-23H,7-18H2,1-6H3/t19-,20+/m0/s1. The van der Waals surface area contributed by atoms with Crippen molar-refractivity contribution in [2.24, 2.45) is 0 Å². The fourth-order valence-corrected chi connectivity index (χ4v) is 4.28. The fourth-order valence-electron chi connectivity index (χ4n) is 2.88. The summed E-state index contributed by atoms with van der Waals surface area (Å²) in [7, 11) is -1.83. The van der Waals surface area contributed by atoms with Crippen LogP contribution in [0.3, 0.4) is 0 Å². The van der Waals surface area contributed by atoms with Crippen LogP contribution in [0.5, 0.6) is 0 Å². The van der Waals surface area contributed by atoms with Crippen molar-refractivity contribution in [3.05, 3.63) is 0 Å². The molecule has 0 aliphatic heterocycles. The van der Waals surface area contributed by atoms with Crippen LogP contribution in [0.2, 0.25) is 18.1 Å². The van der Waals surface area contributed by atoms with Gasteiger partial charge in [-0.15, -0.1) is 0 Å². The van der Waals surface area contributed by atoms with Crippen LogP contribution in [0.25, 0.3) is 0 Å². The highest BCUT2D eigenvalue weighted by atomic mass is 28.4. The maximum absolute atomic E-state index is 9.86. The molecule has 0 saturated heterocycles. The third-order valence-electron chi connectivity index (χ3n) is 5.64. The van der Waals surface area contributed by atoms with Crippen LogP contribution in [0, 0.1) is 0 Å². The molecule has 0 saturated carbocycles. The number of aliphatic hydroxyl groups excluding tert-OH is 2. The molecule has 0 rings (SSSR count). The zero-order valence-electron chi connectivity index (χ0n) is 17.9. The lowest BCUT2D eigenvalue weighted by Gasteiger charge is -2.39. The molecular weight excluding hydrogens is 328 g/mol. The van der Waals surface area contributed by atoms with Crippen molar-refractivity contribution in [1.82, 2.24) is 0 Å². The Morgan fingerprint density at radius 3 is 1.80 bits per heavy atom. The van der Waals surface area contributed by atoms with Crippen LogP contribution in [0.1, 0.15) is 98.3 Å². The van der Waals surface area contributed by atoms with E-state index in [0.29, 0.717) is 6.42 Å². The molecule has 0 aromatic rings. The van der Waals surface area contributed by atoms with Crippen LogP contribution in [0.15, 0.2) is 0 Å². The Morgan fingerprint density at radius 1 is 0.880 bits per heavy atom. The van der Waals surface area contributed by atoms with Gasteiger partial charge in [0.1, 0.15) is 0 Å². The summed E-state index contributed by atoms with van der Waals surface area (Å²) in [5.41, 5.74) is 0. The second-order valence-corrected chi connectivity index (χ2v) is 13.9. The van der Waals surface area contributed by atoms with E-state index in [0.717, 1.165) is 12.8 Å². The second kappa shape index (κ2) is 13.3. The van der Waals surface area contributed by atoms with Crippen LogP contribution in [-0.2, 0) is 4.43 Å². The fraction of sp³-hybridized carbons (Fsp3) is 1.00. The van der Waals surface area contributed by atoms with Gasteiger partial charge in [-0.1, -0.05) is 85.5 Å². The van der Waals surface area contributed by atoms with Crippen molar-refractivity contribution in [1.29, 1.82) is 0 Å². The molecule has 0 amide bonds. The van der Waals surface area contributed by atoms with Gasteiger partial charge in [0, 0.05) is 12.5 Å². The summed E-state index contributed by atoms with van der Waals surface area (Å²) >= 11 is 0. The minimum absolute atomic E-state index is 0.0765. The molecule has 0 heterocycles. The molecule has 0 aromatic carbocycles. The van der Waals surface area contributed by atoms with Gasteiger partial charge in [-0.3, -0.25) is 0 Å². The zero-order chi connectivity index (χ0) is 19.3. The largest absolute Gasteiger partial charge is 0.414 e. The van der Waals surface area contributed by atoms with Gasteiger partial charge in [0.25, 0.3) is 0 Å². The predicted molar refractivity (Wildman–Crippen MR) is 112 cm³/mol. The maximum Gasteiger partial charge on any atom is 0.192 e. The van der Waals surface area contributed by atoms with E-state index in [9.17, 15) is 10.2 Å². The van der Waals surface area contributed by atoms with Gasteiger partial charge >= 0.3 is 0 Å². The molecule has 152 valence electrons. The average Bonchev–Trinajstić information content (AvgIpc) is 2.51. The third kappa shape index (κ3) is 12.2. The number of hydrogen-bond acceptors (Lipinski definition) is 3. The predicted octanol–water partition coefficient (Wildman–Crippen LogP) is 6.04. The Balaban J connectivity index is 4.16. The molecule has 0 aromatic heterocycles. The molecule has 3 nitrogen and oxygen atoms in total. The molecule has 0 fully saturated rings. The molecule has 2 N–H and O–H groups in total. The van der Waals surface area contributed by atoms with Crippen molar-refractivity contribution in [3.63, 3.8) is 0 Å². The Bertz CT molecular complexity index is 313. The van der Waals surface area contributed by atoms with Crippen molar-refractivity contribution in [3.8, 4) is 0 Å². The Kier molecular flexibility index (Phi) is 13.3. The van der Waals surface area contributed by atoms with Gasteiger partial charge in [0.15, 0.2) is 8.32 Å². The normalized spacial score (nSPS) is 15.4.